The molecule has 0 atom stereocenters. The Labute approximate surface area is 165 Å². The molecule has 0 fully saturated rings. The molecule has 2 amide bonds. The lowest BCUT2D eigenvalue weighted by atomic mass is 9.63. The first kappa shape index (κ1) is 19.8. The van der Waals surface area contributed by atoms with Gasteiger partial charge in [-0.05, 0) is 71.2 Å². The second kappa shape index (κ2) is 6.88. The van der Waals surface area contributed by atoms with Gasteiger partial charge in [0.15, 0.2) is 0 Å². The number of hydrogen-bond donors (Lipinski definition) is 1. The van der Waals surface area contributed by atoms with E-state index >= 15 is 0 Å². The Morgan fingerprint density at radius 2 is 1.39 bits per heavy atom. The van der Waals surface area contributed by atoms with Gasteiger partial charge in [0, 0.05) is 11.1 Å². The van der Waals surface area contributed by atoms with Crippen LogP contribution in [0.1, 0.15) is 77.9 Å². The molecule has 2 aromatic carbocycles. The number of imide groups is 1. The Balaban J connectivity index is 1.92. The van der Waals surface area contributed by atoms with Crippen molar-refractivity contribution in [2.75, 3.05) is 0 Å². The zero-order valence-corrected chi connectivity index (χ0v) is 16.7. The normalized spacial score (nSPS) is 16.6. The molecule has 0 saturated carbocycles. The molecule has 1 aliphatic rings. The molecule has 2 N–H and O–H groups in total. The maximum Gasteiger partial charge on any atom is 0.275 e. The second-order valence-electron chi connectivity index (χ2n) is 8.70. The van der Waals surface area contributed by atoms with Gasteiger partial charge in [-0.1, -0.05) is 33.8 Å². The van der Waals surface area contributed by atoms with E-state index in [4.69, 9.17) is 11.1 Å². The number of carbonyl (C=O) groups excluding carboxylic acids is 2. The first-order valence-electron chi connectivity index (χ1n) is 9.35. The first-order valence-corrected chi connectivity index (χ1v) is 9.35. The van der Waals surface area contributed by atoms with Gasteiger partial charge in [0.25, 0.3) is 11.8 Å². The Morgan fingerprint density at radius 3 is 1.96 bits per heavy atom. The number of nitriles is 1. The van der Waals surface area contributed by atoms with Crippen LogP contribution >= 0.6 is 0 Å². The number of carbonyl (C=O) groups is 2. The van der Waals surface area contributed by atoms with Crippen LogP contribution in [0.2, 0.25) is 0 Å². The fourth-order valence-electron chi connectivity index (χ4n) is 3.78. The summed E-state index contributed by atoms with van der Waals surface area (Å²) in [6.45, 7) is 8.79. The summed E-state index contributed by atoms with van der Waals surface area (Å²) in [7, 11) is 0. The highest BCUT2D eigenvalue weighted by Gasteiger charge is 2.37. The van der Waals surface area contributed by atoms with E-state index in [-0.39, 0.29) is 16.4 Å². The molecule has 5 heteroatoms. The number of fused-ring (bicyclic) bond motifs is 1. The van der Waals surface area contributed by atoms with Crippen LogP contribution in [-0.2, 0) is 10.8 Å². The van der Waals surface area contributed by atoms with E-state index in [0.717, 1.165) is 18.4 Å². The molecule has 5 nitrogen and oxygen atoms in total. The average Bonchev–Trinajstić information content (AvgIpc) is 2.69. The molecule has 144 valence electrons. The number of rotatable bonds is 2. The maximum absolute atomic E-state index is 12.9. The summed E-state index contributed by atoms with van der Waals surface area (Å²) in [5.41, 5.74) is 3.47. The van der Waals surface area contributed by atoms with Crippen molar-refractivity contribution in [3.63, 3.8) is 0 Å². The Morgan fingerprint density at radius 1 is 0.893 bits per heavy atom. The van der Waals surface area contributed by atoms with Gasteiger partial charge in [0.1, 0.15) is 0 Å². The van der Waals surface area contributed by atoms with Gasteiger partial charge in [-0.3, -0.25) is 9.59 Å². The van der Waals surface area contributed by atoms with Crippen LogP contribution in [0.3, 0.4) is 0 Å². The van der Waals surface area contributed by atoms with Crippen molar-refractivity contribution in [3.8, 4) is 6.07 Å². The molecule has 3 rings (SSSR count). The SMILES string of the molecule is CC1(C)CCC(C)(C)c2cc(C(=O)N(N)C(=O)c3ccc(C#N)cc3)ccc21. The van der Waals surface area contributed by atoms with Crippen LogP contribution < -0.4 is 5.84 Å². The predicted molar refractivity (Wildman–Crippen MR) is 108 cm³/mol. The third-order valence-corrected chi connectivity index (χ3v) is 5.80. The number of nitrogens with zero attached hydrogens (tertiary/aromatic N) is 2. The summed E-state index contributed by atoms with van der Waals surface area (Å²) in [4.78, 5) is 25.4. The summed E-state index contributed by atoms with van der Waals surface area (Å²) < 4.78 is 0. The molecule has 0 aliphatic heterocycles. The van der Waals surface area contributed by atoms with Crippen LogP contribution in [0.15, 0.2) is 42.5 Å². The number of benzene rings is 2. The highest BCUT2D eigenvalue weighted by molar-refractivity contribution is 6.09. The molecule has 0 heterocycles. The molecule has 28 heavy (non-hydrogen) atoms. The molecular weight excluding hydrogens is 350 g/mol. The topological polar surface area (TPSA) is 87.2 Å². The minimum absolute atomic E-state index is 0.0439. The Bertz CT molecular complexity index is 982. The summed E-state index contributed by atoms with van der Waals surface area (Å²) in [6.07, 6.45) is 2.11. The van der Waals surface area contributed by atoms with Crippen molar-refractivity contribution in [2.24, 2.45) is 5.84 Å². The van der Waals surface area contributed by atoms with Crippen LogP contribution in [0.4, 0.5) is 0 Å². The third-order valence-electron chi connectivity index (χ3n) is 5.80. The Kier molecular flexibility index (Phi) is 4.86. The first-order chi connectivity index (χ1) is 13.1. The molecule has 0 spiro atoms. The lowest BCUT2D eigenvalue weighted by Crippen LogP contribution is -2.43. The quantitative estimate of drug-likeness (QED) is 0.371. The van der Waals surface area contributed by atoms with Crippen LogP contribution in [-0.4, -0.2) is 16.8 Å². The maximum atomic E-state index is 12.9. The van der Waals surface area contributed by atoms with Crippen LogP contribution in [0, 0.1) is 11.3 Å². The standard InChI is InChI=1S/C23H25N3O2/c1-22(2)11-12-23(3,4)19-13-17(9-10-18(19)22)21(28)26(25)20(27)16-7-5-15(14-24)6-8-16/h5-10,13H,11-12,25H2,1-4H3. The smallest absolute Gasteiger partial charge is 0.267 e. The van der Waals surface area contributed by atoms with Crippen molar-refractivity contribution in [1.29, 1.82) is 5.26 Å². The van der Waals surface area contributed by atoms with E-state index in [0.29, 0.717) is 16.1 Å². The van der Waals surface area contributed by atoms with Gasteiger partial charge < -0.3 is 0 Å². The average molecular weight is 375 g/mol. The fourth-order valence-corrected chi connectivity index (χ4v) is 3.78. The van der Waals surface area contributed by atoms with Crippen molar-refractivity contribution >= 4 is 11.8 Å². The summed E-state index contributed by atoms with van der Waals surface area (Å²) in [6, 6.07) is 13.6. The molecule has 1 aliphatic carbocycles. The number of amides is 2. The molecule has 2 aromatic rings. The molecule has 0 aromatic heterocycles. The second-order valence-corrected chi connectivity index (χ2v) is 8.70. The fraction of sp³-hybridized carbons (Fsp3) is 0.348. The predicted octanol–water partition coefficient (Wildman–Crippen LogP) is 4.06. The van der Waals surface area contributed by atoms with Crippen LogP contribution in [0.25, 0.3) is 0 Å². The summed E-state index contributed by atoms with van der Waals surface area (Å²) in [5, 5.41) is 9.51. The van der Waals surface area contributed by atoms with E-state index in [2.05, 4.69) is 27.7 Å². The molecule has 0 unspecified atom stereocenters. The third kappa shape index (κ3) is 3.44. The van der Waals surface area contributed by atoms with Crippen LogP contribution in [0.5, 0.6) is 0 Å². The van der Waals surface area contributed by atoms with Gasteiger partial charge in [-0.15, -0.1) is 0 Å². The van der Waals surface area contributed by atoms with E-state index in [1.807, 2.05) is 18.2 Å². The van der Waals surface area contributed by atoms with E-state index in [9.17, 15) is 9.59 Å². The van der Waals surface area contributed by atoms with Crippen molar-refractivity contribution in [1.82, 2.24) is 5.01 Å². The number of hydrogen-bond acceptors (Lipinski definition) is 4. The molecule has 0 saturated heterocycles. The Hall–Kier alpha value is -2.97. The zero-order valence-electron chi connectivity index (χ0n) is 16.7. The number of hydrazine groups is 1. The minimum Gasteiger partial charge on any atom is -0.267 e. The molecule has 0 bridgehead atoms. The molecule has 0 radical (unpaired) electrons. The summed E-state index contributed by atoms with van der Waals surface area (Å²) in [5.74, 6) is 4.71. The monoisotopic (exact) mass is 375 g/mol. The van der Waals surface area contributed by atoms with Gasteiger partial charge in [0.05, 0.1) is 11.6 Å². The van der Waals surface area contributed by atoms with E-state index in [1.165, 1.54) is 29.8 Å². The highest BCUT2D eigenvalue weighted by Crippen LogP contribution is 2.45. The summed E-state index contributed by atoms with van der Waals surface area (Å²) >= 11 is 0. The van der Waals surface area contributed by atoms with Gasteiger partial charge >= 0.3 is 0 Å². The van der Waals surface area contributed by atoms with Crippen molar-refractivity contribution < 1.29 is 9.59 Å². The van der Waals surface area contributed by atoms with E-state index < -0.39 is 11.8 Å². The van der Waals surface area contributed by atoms with Gasteiger partial charge in [-0.25, -0.2) is 10.9 Å². The van der Waals surface area contributed by atoms with E-state index in [1.54, 1.807) is 6.07 Å². The molecular formula is C23H25N3O2. The van der Waals surface area contributed by atoms with Gasteiger partial charge in [-0.2, -0.15) is 5.26 Å². The lowest BCUT2D eigenvalue weighted by molar-refractivity contribution is 0.0615. The minimum atomic E-state index is -0.605. The highest BCUT2D eigenvalue weighted by atomic mass is 16.2. The van der Waals surface area contributed by atoms with Crippen molar-refractivity contribution in [2.45, 2.75) is 51.4 Å². The largest absolute Gasteiger partial charge is 0.275 e. The van der Waals surface area contributed by atoms with Gasteiger partial charge in [0.2, 0.25) is 0 Å². The van der Waals surface area contributed by atoms with Crippen molar-refractivity contribution in [3.05, 3.63) is 70.3 Å². The lowest BCUT2D eigenvalue weighted by Gasteiger charge is -2.42. The zero-order chi connectivity index (χ0) is 20.7. The number of nitrogens with two attached hydrogens (primary N) is 1.